The average Bonchev–Trinajstić information content (AvgIpc) is 3.63. The zero-order valence-corrected chi connectivity index (χ0v) is 23.5. The van der Waals surface area contributed by atoms with E-state index in [1.807, 2.05) is 65.4 Å². The molecule has 2 atom stereocenters. The number of thiocarbonyl (C=S) groups is 1. The number of carboxylic acids is 1. The summed E-state index contributed by atoms with van der Waals surface area (Å²) in [6.45, 7) is 0. The van der Waals surface area contributed by atoms with Crippen LogP contribution >= 0.6 is 24.0 Å². The lowest BCUT2D eigenvalue weighted by Gasteiger charge is -2.29. The molecule has 1 fully saturated rings. The summed E-state index contributed by atoms with van der Waals surface area (Å²) in [7, 11) is 0. The van der Waals surface area contributed by atoms with Gasteiger partial charge in [0.1, 0.15) is 6.04 Å². The van der Waals surface area contributed by atoms with Crippen molar-refractivity contribution in [3.8, 4) is 5.69 Å². The van der Waals surface area contributed by atoms with Gasteiger partial charge < -0.3 is 19.9 Å². The van der Waals surface area contributed by atoms with Crippen LogP contribution in [0, 0.1) is 10.1 Å². The van der Waals surface area contributed by atoms with Crippen molar-refractivity contribution < 1.29 is 14.8 Å². The van der Waals surface area contributed by atoms with Crippen molar-refractivity contribution in [2.24, 2.45) is 0 Å². The number of nitrogens with zero attached hydrogens (tertiary/aromatic N) is 4. The molecule has 0 spiro atoms. The number of non-ortho nitro benzene ring substituents is 1. The summed E-state index contributed by atoms with van der Waals surface area (Å²) < 4.78 is 2.04. The molecule has 3 aromatic carbocycles. The van der Waals surface area contributed by atoms with E-state index < -0.39 is 10.9 Å². The highest BCUT2D eigenvalue weighted by Gasteiger charge is 2.42. The van der Waals surface area contributed by atoms with Gasteiger partial charge in [0.25, 0.3) is 5.69 Å². The van der Waals surface area contributed by atoms with Gasteiger partial charge in [0.2, 0.25) is 0 Å². The third kappa shape index (κ3) is 5.35. The Morgan fingerprint density at radius 2 is 1.57 bits per heavy atom. The molecule has 1 aliphatic rings. The Kier molecular flexibility index (Phi) is 7.43. The molecule has 9 nitrogen and oxygen atoms in total. The molecule has 2 aromatic heterocycles. The summed E-state index contributed by atoms with van der Waals surface area (Å²) >= 11 is 7.39. The molecule has 3 heterocycles. The summed E-state index contributed by atoms with van der Waals surface area (Å²) in [5.41, 5.74) is 3.78. The molecule has 1 saturated heterocycles. The van der Waals surface area contributed by atoms with E-state index in [0.29, 0.717) is 5.11 Å². The number of carboxylic acid groups (broad SMARTS) is 1. The molecule has 0 unspecified atom stereocenters. The minimum absolute atomic E-state index is 0.0563. The van der Waals surface area contributed by atoms with Crippen molar-refractivity contribution in [2.75, 3.05) is 4.90 Å². The zero-order chi connectivity index (χ0) is 29.2. The molecule has 11 heteroatoms. The summed E-state index contributed by atoms with van der Waals surface area (Å²) in [6.07, 6.45) is 3.71. The molecular formula is C31H23N5O4S2. The van der Waals surface area contributed by atoms with E-state index in [1.54, 1.807) is 42.6 Å². The Morgan fingerprint density at radius 3 is 2.19 bits per heavy atom. The van der Waals surface area contributed by atoms with Gasteiger partial charge in [-0.05, 0) is 97.1 Å². The molecule has 0 radical (unpaired) electrons. The van der Waals surface area contributed by atoms with E-state index in [-0.39, 0.29) is 23.3 Å². The lowest BCUT2D eigenvalue weighted by molar-refractivity contribution is -0.384. The molecule has 0 amide bonds. The highest BCUT2D eigenvalue weighted by atomic mass is 32.2. The van der Waals surface area contributed by atoms with Gasteiger partial charge in [-0.25, -0.2) is 4.79 Å². The Bertz CT molecular complexity index is 1760. The lowest BCUT2D eigenvalue weighted by atomic mass is 10.0. The van der Waals surface area contributed by atoms with Crippen LogP contribution in [0.2, 0.25) is 0 Å². The van der Waals surface area contributed by atoms with Gasteiger partial charge in [0.05, 0.1) is 22.2 Å². The number of hydrogen-bond acceptors (Lipinski definition) is 6. The monoisotopic (exact) mass is 593 g/mol. The average molecular weight is 594 g/mol. The Labute approximate surface area is 250 Å². The Hall–Kier alpha value is -5.00. The fraction of sp³-hybridized carbons (Fsp3) is 0.0645. The number of anilines is 1. The highest BCUT2D eigenvalue weighted by Crippen LogP contribution is 2.43. The van der Waals surface area contributed by atoms with Gasteiger partial charge in [-0.3, -0.25) is 15.1 Å². The summed E-state index contributed by atoms with van der Waals surface area (Å²) in [6, 6.07) is 30.5. The Balaban J connectivity index is 1.35. The molecule has 42 heavy (non-hydrogen) atoms. The van der Waals surface area contributed by atoms with E-state index in [2.05, 4.69) is 15.2 Å². The number of hydrogen-bond donors (Lipinski definition) is 2. The number of benzene rings is 3. The molecule has 6 rings (SSSR count). The number of aromatic carboxylic acids is 1. The predicted octanol–water partition coefficient (Wildman–Crippen LogP) is 6.81. The molecule has 2 N–H and O–H groups in total. The summed E-state index contributed by atoms with van der Waals surface area (Å²) in [4.78, 5) is 30.5. The number of carbonyl (C=O) groups is 1. The van der Waals surface area contributed by atoms with Crippen LogP contribution < -0.4 is 10.2 Å². The zero-order valence-electron chi connectivity index (χ0n) is 21.9. The number of rotatable bonds is 8. The second-order valence-electron chi connectivity index (χ2n) is 9.50. The molecule has 0 saturated carbocycles. The first kappa shape index (κ1) is 27.2. The third-order valence-corrected chi connectivity index (χ3v) is 8.30. The SMILES string of the molecule is O=C(O)c1ccc(-n2cccc2[C@H]2[C@@H](c3ccccn3)NC(=S)N2c2ccc(Sc3ccc([N+](=O)[O-])cc3)cc2)cc1. The molecule has 0 bridgehead atoms. The molecule has 1 aliphatic heterocycles. The van der Waals surface area contributed by atoms with E-state index in [9.17, 15) is 20.0 Å². The summed E-state index contributed by atoms with van der Waals surface area (Å²) in [5, 5.41) is 24.4. The highest BCUT2D eigenvalue weighted by molar-refractivity contribution is 7.99. The number of pyridine rings is 1. The first-order valence-corrected chi connectivity index (χ1v) is 14.2. The van der Waals surface area contributed by atoms with E-state index >= 15 is 0 Å². The van der Waals surface area contributed by atoms with Crippen molar-refractivity contribution in [2.45, 2.75) is 21.9 Å². The van der Waals surface area contributed by atoms with Crippen LogP contribution in [0.4, 0.5) is 11.4 Å². The van der Waals surface area contributed by atoms with Gasteiger partial charge in [-0.1, -0.05) is 17.8 Å². The topological polar surface area (TPSA) is 114 Å². The van der Waals surface area contributed by atoms with Crippen molar-refractivity contribution in [3.05, 3.63) is 143 Å². The van der Waals surface area contributed by atoms with Crippen LogP contribution in [0.1, 0.15) is 33.8 Å². The summed E-state index contributed by atoms with van der Waals surface area (Å²) in [5.74, 6) is -0.976. The first-order chi connectivity index (χ1) is 20.4. The molecule has 208 valence electrons. The van der Waals surface area contributed by atoms with Gasteiger partial charge in [0, 0.05) is 51.4 Å². The van der Waals surface area contributed by atoms with Crippen LogP contribution in [-0.4, -0.2) is 30.7 Å². The number of aromatic nitrogens is 2. The maximum atomic E-state index is 11.4. The number of nitro benzene ring substituents is 1. The van der Waals surface area contributed by atoms with E-state index in [1.165, 1.54) is 23.9 Å². The fourth-order valence-electron chi connectivity index (χ4n) is 5.02. The second-order valence-corrected chi connectivity index (χ2v) is 11.0. The Morgan fingerprint density at radius 1 is 0.905 bits per heavy atom. The molecule has 0 aliphatic carbocycles. The quantitative estimate of drug-likeness (QED) is 0.114. The van der Waals surface area contributed by atoms with Crippen molar-refractivity contribution in [1.29, 1.82) is 0 Å². The molecule has 5 aromatic rings. The van der Waals surface area contributed by atoms with Crippen LogP contribution in [0.25, 0.3) is 5.69 Å². The van der Waals surface area contributed by atoms with Crippen LogP contribution in [-0.2, 0) is 0 Å². The predicted molar refractivity (Wildman–Crippen MR) is 164 cm³/mol. The maximum absolute atomic E-state index is 11.4. The van der Waals surface area contributed by atoms with Gasteiger partial charge in [-0.2, -0.15) is 0 Å². The van der Waals surface area contributed by atoms with Gasteiger partial charge >= 0.3 is 5.97 Å². The van der Waals surface area contributed by atoms with Crippen LogP contribution in [0.15, 0.2) is 125 Å². The van der Waals surface area contributed by atoms with E-state index in [0.717, 1.165) is 32.6 Å². The smallest absolute Gasteiger partial charge is 0.335 e. The minimum Gasteiger partial charge on any atom is -0.478 e. The normalized spacial score (nSPS) is 16.3. The number of nitro groups is 1. The standard InChI is InChI=1S/C31H23N5O4S2/c37-30(38)20-6-8-21(9-7-20)34-19-3-5-27(34)29-28(26-4-1-2-18-32-26)33-31(41)35(29)22-10-14-24(15-11-22)42-25-16-12-23(13-17-25)36(39)40/h1-19,28-29H,(H,33,41)(H,37,38)/t28-,29+/m1/s1. The van der Waals surface area contributed by atoms with Crippen LogP contribution in [0.3, 0.4) is 0 Å². The largest absolute Gasteiger partial charge is 0.478 e. The first-order valence-electron chi connectivity index (χ1n) is 12.9. The third-order valence-electron chi connectivity index (χ3n) is 6.97. The van der Waals surface area contributed by atoms with Gasteiger partial charge in [0.15, 0.2) is 5.11 Å². The fourth-order valence-corrected chi connectivity index (χ4v) is 6.18. The van der Waals surface area contributed by atoms with E-state index in [4.69, 9.17) is 12.2 Å². The van der Waals surface area contributed by atoms with Gasteiger partial charge in [-0.15, -0.1) is 0 Å². The van der Waals surface area contributed by atoms with Crippen molar-refractivity contribution >= 4 is 46.4 Å². The lowest BCUT2D eigenvalue weighted by Crippen LogP contribution is -2.30. The van der Waals surface area contributed by atoms with Crippen molar-refractivity contribution in [3.63, 3.8) is 0 Å². The van der Waals surface area contributed by atoms with Crippen molar-refractivity contribution in [1.82, 2.24) is 14.9 Å². The maximum Gasteiger partial charge on any atom is 0.335 e. The second kappa shape index (κ2) is 11.5. The molecular weight excluding hydrogens is 571 g/mol. The minimum atomic E-state index is -0.976. The number of nitrogens with one attached hydrogen (secondary N) is 1. The van der Waals surface area contributed by atoms with Crippen LogP contribution in [0.5, 0.6) is 0 Å².